The van der Waals surface area contributed by atoms with Gasteiger partial charge in [-0.05, 0) is 31.4 Å². The highest BCUT2D eigenvalue weighted by Gasteiger charge is 2.12. The number of aliphatic hydroxyl groups is 1. The molecule has 0 aromatic carbocycles. The molecule has 2 N–H and O–H groups in total. The lowest BCUT2D eigenvalue weighted by Crippen LogP contribution is -2.34. The molecule has 0 saturated heterocycles. The molecule has 0 radical (unpaired) electrons. The van der Waals surface area contributed by atoms with Crippen LogP contribution in [0.5, 0.6) is 0 Å². The zero-order valence-electron chi connectivity index (χ0n) is 12.0. The number of nitrogens with one attached hydrogen (secondary N) is 1. The molecule has 0 aliphatic rings. The van der Waals surface area contributed by atoms with Crippen LogP contribution in [0.25, 0.3) is 0 Å². The minimum Gasteiger partial charge on any atom is -0.389 e. The second-order valence-corrected chi connectivity index (χ2v) is 6.40. The number of aliphatic hydroxyl groups excluding tert-OH is 1. The highest BCUT2D eigenvalue weighted by atomic mass is 32.1. The average Bonchev–Trinajstić information content (AvgIpc) is 2.66. The summed E-state index contributed by atoms with van der Waals surface area (Å²) in [6, 6.07) is 1.87. The highest BCUT2D eigenvalue weighted by molar-refractivity contribution is 7.14. The molecule has 0 aliphatic carbocycles. The topological polar surface area (TPSA) is 58.6 Å². The van der Waals surface area contributed by atoms with Gasteiger partial charge in [0, 0.05) is 18.0 Å². The van der Waals surface area contributed by atoms with E-state index in [0.29, 0.717) is 17.4 Å². The molecule has 1 atom stereocenters. The lowest BCUT2D eigenvalue weighted by atomic mass is 10.2. The van der Waals surface area contributed by atoms with Crippen LogP contribution in [0.3, 0.4) is 0 Å². The number of thiophene rings is 1. The Hall–Kier alpha value is -0.910. The van der Waals surface area contributed by atoms with E-state index >= 15 is 0 Å². The molecule has 0 bridgehead atoms. The molecule has 0 aliphatic heterocycles. The fourth-order valence-electron chi connectivity index (χ4n) is 1.48. The summed E-state index contributed by atoms with van der Waals surface area (Å²) >= 11 is 1.47. The zero-order valence-corrected chi connectivity index (χ0v) is 12.8. The molecule has 0 fully saturated rings. The standard InChI is InChI=1S/C14H23NO3S/c1-9(2)7-18-8-12(16)6-15-14(17)13-5-10(3)11(4)19-13/h5,9,12,16H,6-8H2,1-4H3,(H,15,17). The van der Waals surface area contributed by atoms with Crippen LogP contribution in [0.4, 0.5) is 0 Å². The first-order valence-corrected chi connectivity index (χ1v) is 7.32. The zero-order chi connectivity index (χ0) is 14.4. The van der Waals surface area contributed by atoms with Crippen LogP contribution in [-0.2, 0) is 4.74 Å². The van der Waals surface area contributed by atoms with Crippen LogP contribution in [-0.4, -0.2) is 36.9 Å². The fraction of sp³-hybridized carbons (Fsp3) is 0.643. The number of hydrogen-bond acceptors (Lipinski definition) is 4. The van der Waals surface area contributed by atoms with E-state index < -0.39 is 6.10 Å². The van der Waals surface area contributed by atoms with Crippen molar-refractivity contribution in [3.63, 3.8) is 0 Å². The van der Waals surface area contributed by atoms with Crippen molar-refractivity contribution in [1.82, 2.24) is 5.32 Å². The molecule has 19 heavy (non-hydrogen) atoms. The van der Waals surface area contributed by atoms with Crippen molar-refractivity contribution in [2.75, 3.05) is 19.8 Å². The summed E-state index contributed by atoms with van der Waals surface area (Å²) in [5, 5.41) is 12.4. The number of carbonyl (C=O) groups is 1. The number of amides is 1. The predicted octanol–water partition coefficient (Wildman–Crippen LogP) is 2.13. The van der Waals surface area contributed by atoms with Gasteiger partial charge in [-0.1, -0.05) is 13.8 Å². The molecule has 1 rings (SSSR count). The third-order valence-electron chi connectivity index (χ3n) is 2.65. The Morgan fingerprint density at radius 2 is 2.11 bits per heavy atom. The molecule has 1 unspecified atom stereocenters. The van der Waals surface area contributed by atoms with Crippen molar-refractivity contribution in [2.45, 2.75) is 33.8 Å². The van der Waals surface area contributed by atoms with E-state index in [-0.39, 0.29) is 19.1 Å². The van der Waals surface area contributed by atoms with Gasteiger partial charge in [0.2, 0.25) is 0 Å². The van der Waals surface area contributed by atoms with Gasteiger partial charge in [-0.3, -0.25) is 4.79 Å². The maximum absolute atomic E-state index is 11.8. The second kappa shape index (κ2) is 7.62. The second-order valence-electron chi connectivity index (χ2n) is 5.15. The predicted molar refractivity (Wildman–Crippen MR) is 77.8 cm³/mol. The van der Waals surface area contributed by atoms with Crippen molar-refractivity contribution in [3.8, 4) is 0 Å². The van der Waals surface area contributed by atoms with Gasteiger partial charge in [0.15, 0.2) is 0 Å². The maximum Gasteiger partial charge on any atom is 0.261 e. The summed E-state index contributed by atoms with van der Waals surface area (Å²) < 4.78 is 5.32. The summed E-state index contributed by atoms with van der Waals surface area (Å²) in [5.74, 6) is 0.308. The fourth-order valence-corrected chi connectivity index (χ4v) is 2.43. The first-order valence-electron chi connectivity index (χ1n) is 6.51. The number of ether oxygens (including phenoxy) is 1. The lowest BCUT2D eigenvalue weighted by molar-refractivity contribution is 0.0259. The first kappa shape index (κ1) is 16.1. The molecule has 0 saturated carbocycles. The maximum atomic E-state index is 11.8. The number of aryl methyl sites for hydroxylation is 2. The van der Waals surface area contributed by atoms with Crippen molar-refractivity contribution in [2.24, 2.45) is 5.92 Å². The Morgan fingerprint density at radius 1 is 1.42 bits per heavy atom. The van der Waals surface area contributed by atoms with E-state index in [1.54, 1.807) is 0 Å². The van der Waals surface area contributed by atoms with Crippen LogP contribution >= 0.6 is 11.3 Å². The summed E-state index contributed by atoms with van der Waals surface area (Å²) in [6.07, 6.45) is -0.662. The van der Waals surface area contributed by atoms with E-state index in [2.05, 4.69) is 19.2 Å². The Labute approximate surface area is 118 Å². The van der Waals surface area contributed by atoms with E-state index in [1.807, 2.05) is 19.9 Å². The molecular formula is C14H23NO3S. The van der Waals surface area contributed by atoms with Crippen molar-refractivity contribution in [3.05, 3.63) is 21.4 Å². The number of carbonyl (C=O) groups excluding carboxylic acids is 1. The van der Waals surface area contributed by atoms with Crippen LogP contribution < -0.4 is 5.32 Å². The van der Waals surface area contributed by atoms with Gasteiger partial charge in [-0.25, -0.2) is 0 Å². The molecule has 1 aromatic heterocycles. The van der Waals surface area contributed by atoms with Gasteiger partial charge in [-0.2, -0.15) is 0 Å². The monoisotopic (exact) mass is 285 g/mol. The highest BCUT2D eigenvalue weighted by Crippen LogP contribution is 2.20. The van der Waals surface area contributed by atoms with Crippen LogP contribution in [0.1, 0.15) is 34.0 Å². The van der Waals surface area contributed by atoms with Gasteiger partial charge in [0.05, 0.1) is 17.6 Å². The van der Waals surface area contributed by atoms with Crippen LogP contribution in [0.15, 0.2) is 6.07 Å². The number of hydrogen-bond donors (Lipinski definition) is 2. The SMILES string of the molecule is Cc1cc(C(=O)NCC(O)COCC(C)C)sc1C. The van der Waals surface area contributed by atoms with Gasteiger partial charge in [0.25, 0.3) is 5.91 Å². The Balaban J connectivity index is 2.30. The largest absolute Gasteiger partial charge is 0.389 e. The summed E-state index contributed by atoms with van der Waals surface area (Å²) in [7, 11) is 0. The van der Waals surface area contributed by atoms with Gasteiger partial charge in [0.1, 0.15) is 0 Å². The average molecular weight is 285 g/mol. The molecule has 1 heterocycles. The lowest BCUT2D eigenvalue weighted by Gasteiger charge is -2.13. The Morgan fingerprint density at radius 3 is 2.63 bits per heavy atom. The molecule has 1 aromatic rings. The molecule has 0 spiro atoms. The quantitative estimate of drug-likeness (QED) is 0.807. The van der Waals surface area contributed by atoms with Gasteiger partial charge >= 0.3 is 0 Å². The number of rotatable bonds is 7. The van der Waals surface area contributed by atoms with Crippen molar-refractivity contribution in [1.29, 1.82) is 0 Å². The minimum atomic E-state index is -0.662. The molecule has 108 valence electrons. The minimum absolute atomic E-state index is 0.135. The molecule has 5 heteroatoms. The molecular weight excluding hydrogens is 262 g/mol. The Kier molecular flexibility index (Phi) is 6.48. The van der Waals surface area contributed by atoms with Crippen molar-refractivity contribution >= 4 is 17.2 Å². The normalized spacial score (nSPS) is 12.7. The van der Waals surface area contributed by atoms with E-state index in [1.165, 1.54) is 11.3 Å². The summed E-state index contributed by atoms with van der Waals surface area (Å²) in [5.41, 5.74) is 1.12. The molecule has 1 amide bonds. The summed E-state index contributed by atoms with van der Waals surface area (Å²) in [4.78, 5) is 13.7. The van der Waals surface area contributed by atoms with Gasteiger partial charge < -0.3 is 15.2 Å². The van der Waals surface area contributed by atoms with Crippen LogP contribution in [0.2, 0.25) is 0 Å². The van der Waals surface area contributed by atoms with E-state index in [9.17, 15) is 9.90 Å². The Bertz CT molecular complexity index is 395. The van der Waals surface area contributed by atoms with E-state index in [0.717, 1.165) is 10.4 Å². The summed E-state index contributed by atoms with van der Waals surface area (Å²) in [6.45, 7) is 9.16. The van der Waals surface area contributed by atoms with Crippen LogP contribution in [0, 0.1) is 19.8 Å². The van der Waals surface area contributed by atoms with Gasteiger partial charge in [-0.15, -0.1) is 11.3 Å². The molecule has 4 nitrogen and oxygen atoms in total. The third-order valence-corrected chi connectivity index (χ3v) is 3.80. The van der Waals surface area contributed by atoms with Crippen molar-refractivity contribution < 1.29 is 14.6 Å². The third kappa shape index (κ3) is 5.72. The smallest absolute Gasteiger partial charge is 0.261 e. The first-order chi connectivity index (χ1) is 8.90. The van der Waals surface area contributed by atoms with E-state index in [4.69, 9.17) is 4.74 Å².